The summed E-state index contributed by atoms with van der Waals surface area (Å²) in [6.07, 6.45) is 1.72. The molecule has 0 spiro atoms. The lowest BCUT2D eigenvalue weighted by molar-refractivity contribution is -0.384. The van der Waals surface area contributed by atoms with Gasteiger partial charge >= 0.3 is 11.8 Å². The van der Waals surface area contributed by atoms with Crippen LogP contribution in [0.2, 0.25) is 5.02 Å². The van der Waals surface area contributed by atoms with Crippen molar-refractivity contribution in [3.63, 3.8) is 0 Å². The lowest BCUT2D eigenvalue weighted by Crippen LogP contribution is -2.38. The summed E-state index contributed by atoms with van der Waals surface area (Å²) in [4.78, 5) is 33.5. The molecule has 2 N–H and O–H groups in total. The average Bonchev–Trinajstić information content (AvgIpc) is 2.63. The van der Waals surface area contributed by atoms with E-state index in [1.807, 2.05) is 35.8 Å². The highest BCUT2D eigenvalue weighted by molar-refractivity contribution is 6.35. The maximum Gasteiger partial charge on any atom is 0.329 e. The summed E-state index contributed by atoms with van der Waals surface area (Å²) < 4.78 is 0. The molecule has 0 atom stereocenters. The largest absolute Gasteiger partial charge is 0.347 e. The highest BCUT2D eigenvalue weighted by Crippen LogP contribution is 2.20. The molecule has 2 amide bonds. The predicted octanol–water partition coefficient (Wildman–Crippen LogP) is 2.06. The van der Waals surface area contributed by atoms with Crippen LogP contribution in [0, 0.1) is 10.1 Å². The van der Waals surface area contributed by atoms with Gasteiger partial charge in [-0.1, -0.05) is 41.9 Å². The molecule has 0 aliphatic rings. The van der Waals surface area contributed by atoms with E-state index in [9.17, 15) is 19.7 Å². The second-order valence-corrected chi connectivity index (χ2v) is 5.56. The van der Waals surface area contributed by atoms with E-state index < -0.39 is 16.7 Å². The number of amides is 2. The fourth-order valence-electron chi connectivity index (χ4n) is 2.00. The molecular formula is C17H15ClN4O4. The van der Waals surface area contributed by atoms with Crippen LogP contribution in [-0.2, 0) is 16.0 Å². The summed E-state index contributed by atoms with van der Waals surface area (Å²) >= 11 is 5.90. The molecular weight excluding hydrogens is 360 g/mol. The number of hydrazone groups is 1. The van der Waals surface area contributed by atoms with Gasteiger partial charge in [-0.15, -0.1) is 0 Å². The van der Waals surface area contributed by atoms with E-state index >= 15 is 0 Å². The Morgan fingerprint density at radius 2 is 1.88 bits per heavy atom. The van der Waals surface area contributed by atoms with Crippen molar-refractivity contribution in [2.45, 2.75) is 6.42 Å². The summed E-state index contributed by atoms with van der Waals surface area (Å²) in [5.41, 5.74) is 3.15. The molecule has 0 radical (unpaired) electrons. The first-order valence-electron chi connectivity index (χ1n) is 7.56. The predicted molar refractivity (Wildman–Crippen MR) is 97.0 cm³/mol. The quantitative estimate of drug-likeness (QED) is 0.348. The third kappa shape index (κ3) is 5.67. The Labute approximate surface area is 154 Å². The van der Waals surface area contributed by atoms with Gasteiger partial charge < -0.3 is 5.32 Å². The molecule has 134 valence electrons. The zero-order valence-electron chi connectivity index (χ0n) is 13.5. The van der Waals surface area contributed by atoms with Gasteiger partial charge in [-0.3, -0.25) is 19.7 Å². The van der Waals surface area contributed by atoms with Gasteiger partial charge in [-0.2, -0.15) is 5.10 Å². The number of hydrogen-bond acceptors (Lipinski definition) is 5. The minimum atomic E-state index is -0.948. The minimum Gasteiger partial charge on any atom is -0.347 e. The van der Waals surface area contributed by atoms with E-state index in [1.54, 1.807) is 0 Å². The normalized spacial score (nSPS) is 10.5. The van der Waals surface area contributed by atoms with E-state index in [-0.39, 0.29) is 16.3 Å². The number of rotatable bonds is 6. The molecule has 0 aliphatic carbocycles. The summed E-state index contributed by atoms with van der Waals surface area (Å²) in [6.45, 7) is 0.302. The molecule has 0 aromatic heterocycles. The van der Waals surface area contributed by atoms with E-state index in [1.165, 1.54) is 18.2 Å². The van der Waals surface area contributed by atoms with Crippen LogP contribution in [-0.4, -0.2) is 29.5 Å². The zero-order valence-corrected chi connectivity index (χ0v) is 14.3. The van der Waals surface area contributed by atoms with Crippen LogP contribution in [0.5, 0.6) is 0 Å². The topological polar surface area (TPSA) is 114 Å². The molecule has 0 unspecified atom stereocenters. The van der Waals surface area contributed by atoms with Crippen LogP contribution in [0.15, 0.2) is 53.6 Å². The zero-order chi connectivity index (χ0) is 18.9. The van der Waals surface area contributed by atoms with Crippen molar-refractivity contribution >= 4 is 35.3 Å². The van der Waals surface area contributed by atoms with E-state index in [4.69, 9.17) is 11.6 Å². The molecule has 26 heavy (non-hydrogen) atoms. The molecule has 0 fully saturated rings. The number of nitro benzene ring substituents is 1. The van der Waals surface area contributed by atoms with Crippen LogP contribution < -0.4 is 10.7 Å². The van der Waals surface area contributed by atoms with Crippen LogP contribution >= 0.6 is 11.6 Å². The number of benzene rings is 2. The van der Waals surface area contributed by atoms with Crippen LogP contribution in [0.4, 0.5) is 5.69 Å². The highest BCUT2D eigenvalue weighted by Gasteiger charge is 2.12. The van der Waals surface area contributed by atoms with Crippen molar-refractivity contribution in [3.8, 4) is 0 Å². The Morgan fingerprint density at radius 3 is 2.58 bits per heavy atom. The van der Waals surface area contributed by atoms with Crippen molar-refractivity contribution in [1.29, 1.82) is 0 Å². The molecule has 0 saturated heterocycles. The summed E-state index contributed by atoms with van der Waals surface area (Å²) in [5, 5.41) is 17.0. The number of halogens is 1. The molecule has 9 heteroatoms. The number of hydrogen-bond donors (Lipinski definition) is 2. The SMILES string of the molecule is O=C(NCCc1ccccc1)C(=O)N/N=C/c1cc([N+](=O)[O-])ccc1Cl. The third-order valence-corrected chi connectivity index (χ3v) is 3.65. The first kappa shape index (κ1) is 19.1. The lowest BCUT2D eigenvalue weighted by Gasteiger charge is -2.04. The van der Waals surface area contributed by atoms with Crippen molar-refractivity contribution in [1.82, 2.24) is 10.7 Å². The van der Waals surface area contributed by atoms with Crippen LogP contribution in [0.1, 0.15) is 11.1 Å². The van der Waals surface area contributed by atoms with Gasteiger partial charge in [0.2, 0.25) is 0 Å². The number of nitrogens with zero attached hydrogens (tertiary/aromatic N) is 2. The number of non-ortho nitro benzene ring substituents is 1. The number of nitro groups is 1. The number of carbonyl (C=O) groups is 2. The smallest absolute Gasteiger partial charge is 0.329 e. The average molecular weight is 375 g/mol. The minimum absolute atomic E-state index is 0.166. The van der Waals surface area contributed by atoms with Crippen molar-refractivity contribution in [2.24, 2.45) is 5.10 Å². The molecule has 0 bridgehead atoms. The lowest BCUT2D eigenvalue weighted by atomic mass is 10.1. The molecule has 0 heterocycles. The van der Waals surface area contributed by atoms with E-state index in [0.717, 1.165) is 11.8 Å². The van der Waals surface area contributed by atoms with Crippen molar-refractivity contribution in [2.75, 3.05) is 6.54 Å². The third-order valence-electron chi connectivity index (χ3n) is 3.31. The van der Waals surface area contributed by atoms with E-state index in [2.05, 4.69) is 10.4 Å². The Balaban J connectivity index is 1.83. The van der Waals surface area contributed by atoms with Gasteiger partial charge in [0.25, 0.3) is 5.69 Å². The maximum atomic E-state index is 11.7. The summed E-state index contributed by atoms with van der Waals surface area (Å²) in [6, 6.07) is 13.3. The van der Waals surface area contributed by atoms with Gasteiger partial charge in [0.05, 0.1) is 11.1 Å². The molecule has 0 aliphatic heterocycles. The van der Waals surface area contributed by atoms with Crippen molar-refractivity contribution in [3.05, 3.63) is 74.8 Å². The fourth-order valence-corrected chi connectivity index (χ4v) is 2.17. The molecule has 0 saturated carbocycles. The monoisotopic (exact) mass is 374 g/mol. The first-order valence-corrected chi connectivity index (χ1v) is 7.94. The van der Waals surface area contributed by atoms with Gasteiger partial charge in [0.15, 0.2) is 0 Å². The standard InChI is InChI=1S/C17H15ClN4O4/c18-15-7-6-14(22(25)26)10-13(15)11-20-21-17(24)16(23)19-9-8-12-4-2-1-3-5-12/h1-7,10-11H,8-9H2,(H,19,23)(H,21,24)/b20-11+. The summed E-state index contributed by atoms with van der Waals surface area (Å²) in [5.74, 6) is -1.78. The fraction of sp³-hybridized carbons (Fsp3) is 0.118. The van der Waals surface area contributed by atoms with Gasteiger partial charge in [0, 0.05) is 29.3 Å². The summed E-state index contributed by atoms with van der Waals surface area (Å²) in [7, 11) is 0. The van der Waals surface area contributed by atoms with Gasteiger partial charge in [-0.05, 0) is 18.1 Å². The van der Waals surface area contributed by atoms with E-state index in [0.29, 0.717) is 13.0 Å². The molecule has 2 rings (SSSR count). The Kier molecular flexibility index (Phi) is 6.81. The Morgan fingerprint density at radius 1 is 1.15 bits per heavy atom. The van der Waals surface area contributed by atoms with Crippen LogP contribution in [0.3, 0.4) is 0 Å². The molecule has 2 aromatic carbocycles. The van der Waals surface area contributed by atoms with Crippen molar-refractivity contribution < 1.29 is 14.5 Å². The molecule has 8 nitrogen and oxygen atoms in total. The number of carbonyl (C=O) groups excluding carboxylic acids is 2. The first-order chi connectivity index (χ1) is 12.5. The van der Waals surface area contributed by atoms with Gasteiger partial charge in [-0.25, -0.2) is 5.43 Å². The highest BCUT2D eigenvalue weighted by atomic mass is 35.5. The molecule has 2 aromatic rings. The second-order valence-electron chi connectivity index (χ2n) is 5.15. The Bertz CT molecular complexity index is 840. The van der Waals surface area contributed by atoms with Crippen LogP contribution in [0.25, 0.3) is 0 Å². The number of nitrogens with one attached hydrogen (secondary N) is 2. The Hall–Kier alpha value is -3.26. The second kappa shape index (κ2) is 9.28. The maximum absolute atomic E-state index is 11.7. The van der Waals surface area contributed by atoms with Gasteiger partial charge in [0.1, 0.15) is 0 Å².